The molecule has 0 saturated carbocycles. The maximum atomic E-state index is 14.1. The lowest BCUT2D eigenvalue weighted by Crippen LogP contribution is -2.18. The largest absolute Gasteiger partial charge is 0.467 e. The van der Waals surface area contributed by atoms with E-state index in [1.54, 1.807) is 68.1 Å². The van der Waals surface area contributed by atoms with Crippen LogP contribution in [0.4, 0.5) is 8.78 Å². The summed E-state index contributed by atoms with van der Waals surface area (Å²) in [5.41, 5.74) is 4.10. The van der Waals surface area contributed by atoms with Gasteiger partial charge in [-0.15, -0.1) is 0 Å². The maximum Gasteiger partial charge on any atom is 0.316 e. The molecule has 1 amide bonds. The van der Waals surface area contributed by atoms with Crippen molar-refractivity contribution in [2.45, 2.75) is 23.9 Å². The van der Waals surface area contributed by atoms with E-state index in [1.807, 2.05) is 17.7 Å². The maximum absolute atomic E-state index is 14.1. The minimum Gasteiger partial charge on any atom is -0.467 e. The number of hydrogen-bond donors (Lipinski definition) is 0. The Morgan fingerprint density at radius 2 is 1.64 bits per heavy atom. The third-order valence-corrected chi connectivity index (χ3v) is 7.83. The molecular weight excluding hydrogens is 620 g/mol. The van der Waals surface area contributed by atoms with Gasteiger partial charge in [0, 0.05) is 67.6 Å². The number of thioether (sulfide) groups is 1. The van der Waals surface area contributed by atoms with Crippen LogP contribution < -0.4 is 10.3 Å². The lowest BCUT2D eigenvalue weighted by molar-refractivity contribution is -0.117. The molecule has 0 atom stereocenters. The van der Waals surface area contributed by atoms with Crippen LogP contribution in [0.25, 0.3) is 11.1 Å². The third kappa shape index (κ3) is 9.69. The molecule has 0 N–H and O–H groups in total. The average molecular weight is 650 g/mol. The zero-order valence-corrected chi connectivity index (χ0v) is 26.4. The van der Waals surface area contributed by atoms with E-state index in [2.05, 4.69) is 15.0 Å². The second-order valence-corrected chi connectivity index (χ2v) is 11.4. The van der Waals surface area contributed by atoms with Crippen LogP contribution >= 0.6 is 23.4 Å². The smallest absolute Gasteiger partial charge is 0.316 e. The van der Waals surface area contributed by atoms with Crippen LogP contribution in [-0.2, 0) is 30.6 Å². The monoisotopic (exact) mass is 649 g/mol. The van der Waals surface area contributed by atoms with Crippen LogP contribution in [0.2, 0.25) is 5.02 Å². The minimum atomic E-state index is -0.306. The summed E-state index contributed by atoms with van der Waals surface area (Å²) in [6.07, 6.45) is 6.13. The summed E-state index contributed by atoms with van der Waals surface area (Å²) in [5.74, 6) is 0.0296. The predicted octanol–water partition coefficient (Wildman–Crippen LogP) is 6.34. The van der Waals surface area contributed by atoms with Gasteiger partial charge in [-0.2, -0.15) is 4.98 Å². The molecule has 0 aliphatic carbocycles. The first-order valence-electron chi connectivity index (χ1n) is 13.6. The van der Waals surface area contributed by atoms with Crippen molar-refractivity contribution in [3.63, 3.8) is 0 Å². The summed E-state index contributed by atoms with van der Waals surface area (Å²) in [5, 5.41) is 1.22. The summed E-state index contributed by atoms with van der Waals surface area (Å²) in [6, 6.07) is 18.5. The highest BCUT2D eigenvalue weighted by Crippen LogP contribution is 2.25. The Bertz CT molecular complexity index is 1790. The SMILES string of the molecule is CN(C=O)Cc1ccc(-c2ccc(Cl)cc2)c(F)c1.COc1ncc(Cc2cn(C)c(SCc3ccc(F)cc3)nc2=O)cn1. The number of amides is 1. The molecule has 0 aliphatic rings. The van der Waals surface area contributed by atoms with Gasteiger partial charge in [-0.05, 0) is 52.6 Å². The Hall–Kier alpha value is -4.61. The third-order valence-electron chi connectivity index (χ3n) is 6.46. The standard InChI is InChI=1S/C18H17FN4O2S.C15H13ClFNO/c1-23-10-14(7-13-8-20-17(25-2)21-9-13)16(24)22-18(23)26-11-12-3-5-15(19)6-4-12;1-18(10-19)9-11-2-7-14(15(17)8-11)12-3-5-13(16)6-4-12/h3-6,8-10H,7,11H2,1-2H3;2-8,10H,9H2,1H3. The Kier molecular flexibility index (Phi) is 11.8. The zero-order chi connectivity index (χ0) is 32.3. The van der Waals surface area contributed by atoms with Gasteiger partial charge in [0.15, 0.2) is 5.16 Å². The van der Waals surface area contributed by atoms with Crippen LogP contribution in [0.5, 0.6) is 6.01 Å². The van der Waals surface area contributed by atoms with E-state index in [0.717, 1.165) is 22.3 Å². The lowest BCUT2D eigenvalue weighted by atomic mass is 10.0. The number of aromatic nitrogens is 4. The van der Waals surface area contributed by atoms with E-state index in [4.69, 9.17) is 16.3 Å². The van der Waals surface area contributed by atoms with E-state index in [0.29, 0.717) is 46.4 Å². The van der Waals surface area contributed by atoms with Crippen molar-refractivity contribution in [1.82, 2.24) is 24.4 Å². The van der Waals surface area contributed by atoms with Crippen molar-refractivity contribution in [2.24, 2.45) is 7.05 Å². The number of methoxy groups -OCH3 is 1. The Morgan fingerprint density at radius 3 is 2.27 bits per heavy atom. The highest BCUT2D eigenvalue weighted by atomic mass is 35.5. The number of rotatable bonds is 10. The molecular formula is C33H30ClF2N5O3S. The van der Waals surface area contributed by atoms with Gasteiger partial charge in [-0.1, -0.05) is 59.8 Å². The number of benzene rings is 3. The van der Waals surface area contributed by atoms with Crippen molar-refractivity contribution in [1.29, 1.82) is 0 Å². The highest BCUT2D eigenvalue weighted by molar-refractivity contribution is 7.98. The molecule has 0 aliphatic heterocycles. The Morgan fingerprint density at radius 1 is 0.978 bits per heavy atom. The zero-order valence-electron chi connectivity index (χ0n) is 24.8. The van der Waals surface area contributed by atoms with Crippen LogP contribution in [-0.4, -0.2) is 45.0 Å². The molecule has 0 spiro atoms. The normalized spacial score (nSPS) is 10.5. The van der Waals surface area contributed by atoms with E-state index in [1.165, 1.54) is 42.0 Å². The number of carbonyl (C=O) groups is 1. The molecule has 12 heteroatoms. The van der Waals surface area contributed by atoms with Crippen LogP contribution in [0.3, 0.4) is 0 Å². The number of aryl methyl sites for hydroxylation is 1. The second-order valence-electron chi connectivity index (χ2n) is 9.98. The molecule has 0 saturated heterocycles. The molecule has 0 fully saturated rings. The molecule has 8 nitrogen and oxygen atoms in total. The highest BCUT2D eigenvalue weighted by Gasteiger charge is 2.10. The number of halogens is 3. The fraction of sp³-hybridized carbons (Fsp3) is 0.182. The van der Waals surface area contributed by atoms with Gasteiger partial charge >= 0.3 is 6.01 Å². The molecule has 3 aromatic carbocycles. The summed E-state index contributed by atoms with van der Waals surface area (Å²) in [7, 11) is 4.99. The average Bonchev–Trinajstić information content (AvgIpc) is 3.04. The first-order chi connectivity index (χ1) is 21.6. The first-order valence-corrected chi connectivity index (χ1v) is 15.0. The van der Waals surface area contributed by atoms with Gasteiger partial charge in [0.05, 0.1) is 7.11 Å². The molecule has 0 radical (unpaired) electrons. The lowest BCUT2D eigenvalue weighted by Gasteiger charge is -2.11. The molecule has 5 aromatic rings. The summed E-state index contributed by atoms with van der Waals surface area (Å²) in [6.45, 7) is 0.390. The molecule has 5 rings (SSSR count). The topological polar surface area (TPSA) is 90.2 Å². The molecule has 45 heavy (non-hydrogen) atoms. The van der Waals surface area contributed by atoms with Crippen molar-refractivity contribution in [3.05, 3.63) is 135 Å². The van der Waals surface area contributed by atoms with E-state index in [-0.39, 0.29) is 23.2 Å². The molecule has 0 bridgehead atoms. The van der Waals surface area contributed by atoms with Gasteiger partial charge in [-0.3, -0.25) is 9.59 Å². The second kappa shape index (κ2) is 15.9. The van der Waals surface area contributed by atoms with Crippen molar-refractivity contribution < 1.29 is 18.3 Å². The van der Waals surface area contributed by atoms with Gasteiger partial charge in [0.25, 0.3) is 5.56 Å². The van der Waals surface area contributed by atoms with Crippen molar-refractivity contribution in [3.8, 4) is 17.1 Å². The van der Waals surface area contributed by atoms with Crippen molar-refractivity contribution >= 4 is 29.8 Å². The van der Waals surface area contributed by atoms with Gasteiger partial charge in [0.1, 0.15) is 11.6 Å². The van der Waals surface area contributed by atoms with Crippen molar-refractivity contribution in [2.75, 3.05) is 14.2 Å². The molecule has 0 unspecified atom stereocenters. The van der Waals surface area contributed by atoms with Gasteiger partial charge in [-0.25, -0.2) is 18.7 Å². The Balaban J connectivity index is 0.000000215. The summed E-state index contributed by atoms with van der Waals surface area (Å²) < 4.78 is 33.7. The van der Waals surface area contributed by atoms with Gasteiger partial charge < -0.3 is 14.2 Å². The first kappa shape index (κ1) is 33.3. The molecule has 2 heterocycles. The molecule has 232 valence electrons. The quantitative estimate of drug-likeness (QED) is 0.0992. The van der Waals surface area contributed by atoms with E-state index in [9.17, 15) is 18.4 Å². The number of carbonyl (C=O) groups excluding carboxylic acids is 1. The predicted molar refractivity (Wildman–Crippen MR) is 171 cm³/mol. The minimum absolute atomic E-state index is 0.267. The van der Waals surface area contributed by atoms with Crippen LogP contribution in [0.15, 0.2) is 95.3 Å². The fourth-order valence-corrected chi connectivity index (χ4v) is 5.19. The Labute approximate surface area is 268 Å². The van der Waals surface area contributed by atoms with Crippen LogP contribution in [0.1, 0.15) is 22.3 Å². The summed E-state index contributed by atoms with van der Waals surface area (Å²) in [4.78, 5) is 36.6. The number of ether oxygens (including phenoxy) is 1. The fourth-order valence-electron chi connectivity index (χ4n) is 4.17. The number of nitrogens with zero attached hydrogens (tertiary/aromatic N) is 5. The number of hydrogen-bond acceptors (Lipinski definition) is 7. The summed E-state index contributed by atoms with van der Waals surface area (Å²) >= 11 is 7.23. The van der Waals surface area contributed by atoms with E-state index < -0.39 is 0 Å². The molecule has 2 aromatic heterocycles. The van der Waals surface area contributed by atoms with Gasteiger partial charge in [0.2, 0.25) is 6.41 Å². The van der Waals surface area contributed by atoms with Crippen LogP contribution in [0, 0.1) is 11.6 Å². The van der Waals surface area contributed by atoms with E-state index >= 15 is 0 Å².